The highest BCUT2D eigenvalue weighted by atomic mass is 35.5. The van der Waals surface area contributed by atoms with Gasteiger partial charge in [0.15, 0.2) is 0 Å². The van der Waals surface area contributed by atoms with Crippen LogP contribution in [0.5, 0.6) is 0 Å². The molecule has 0 unspecified atom stereocenters. The van der Waals surface area contributed by atoms with Crippen LogP contribution in [-0.2, 0) is 0 Å². The first kappa shape index (κ1) is 13.9. The van der Waals surface area contributed by atoms with Crippen molar-refractivity contribution in [2.24, 2.45) is 0 Å². The van der Waals surface area contributed by atoms with E-state index in [1.54, 1.807) is 25.2 Å². The van der Waals surface area contributed by atoms with Crippen LogP contribution in [0.25, 0.3) is 10.9 Å². The molecule has 2 N–H and O–H groups in total. The molecule has 3 aromatic rings. The topological polar surface area (TPSA) is 49.8 Å². The van der Waals surface area contributed by atoms with Crippen molar-refractivity contribution < 1.29 is 0 Å². The molecule has 0 aliphatic carbocycles. The molecule has 0 atom stereocenters. The lowest BCUT2D eigenvalue weighted by Gasteiger charge is -2.12. The monoisotopic (exact) mass is 318 g/mol. The van der Waals surface area contributed by atoms with E-state index in [4.69, 9.17) is 23.2 Å². The Morgan fingerprint density at radius 3 is 2.62 bits per heavy atom. The van der Waals surface area contributed by atoms with Crippen LogP contribution in [0.4, 0.5) is 17.5 Å². The third-order valence-electron chi connectivity index (χ3n) is 3.01. The molecule has 2 aromatic carbocycles. The van der Waals surface area contributed by atoms with Crippen molar-refractivity contribution in [3.63, 3.8) is 0 Å². The van der Waals surface area contributed by atoms with Crippen molar-refractivity contribution in [3.05, 3.63) is 52.5 Å². The Labute approximate surface area is 132 Å². The van der Waals surface area contributed by atoms with E-state index in [0.29, 0.717) is 27.5 Å². The highest BCUT2D eigenvalue weighted by Gasteiger charge is 2.09. The van der Waals surface area contributed by atoms with Gasteiger partial charge in [-0.25, -0.2) is 4.98 Å². The summed E-state index contributed by atoms with van der Waals surface area (Å²) in [5.74, 6) is 1.21. The first-order chi connectivity index (χ1) is 10.2. The van der Waals surface area contributed by atoms with Crippen LogP contribution < -0.4 is 10.6 Å². The minimum Gasteiger partial charge on any atom is -0.357 e. The maximum Gasteiger partial charge on any atom is 0.224 e. The number of anilines is 3. The van der Waals surface area contributed by atoms with Gasteiger partial charge in [0.1, 0.15) is 5.82 Å². The zero-order valence-corrected chi connectivity index (χ0v) is 12.7. The molecule has 1 aromatic heterocycles. The Morgan fingerprint density at radius 1 is 1.00 bits per heavy atom. The van der Waals surface area contributed by atoms with Crippen molar-refractivity contribution in [1.29, 1.82) is 0 Å². The number of nitrogens with one attached hydrogen (secondary N) is 2. The number of halogens is 2. The number of nitrogens with zero attached hydrogens (tertiary/aromatic N) is 2. The van der Waals surface area contributed by atoms with E-state index in [0.717, 1.165) is 10.9 Å². The van der Waals surface area contributed by atoms with Crippen molar-refractivity contribution in [1.82, 2.24) is 9.97 Å². The third-order valence-corrected chi connectivity index (χ3v) is 3.57. The summed E-state index contributed by atoms with van der Waals surface area (Å²) in [5, 5.41) is 8.27. The van der Waals surface area contributed by atoms with Gasteiger partial charge in [0, 0.05) is 17.5 Å². The molecule has 0 aliphatic rings. The number of para-hydroxylation sites is 1. The highest BCUT2D eigenvalue weighted by molar-refractivity contribution is 6.35. The van der Waals surface area contributed by atoms with Gasteiger partial charge in [-0.3, -0.25) is 0 Å². The second-order valence-electron chi connectivity index (χ2n) is 4.41. The Kier molecular flexibility index (Phi) is 3.82. The van der Waals surface area contributed by atoms with Crippen molar-refractivity contribution in [2.75, 3.05) is 17.7 Å². The van der Waals surface area contributed by atoms with Gasteiger partial charge < -0.3 is 10.6 Å². The number of hydrogen-bond donors (Lipinski definition) is 2. The van der Waals surface area contributed by atoms with E-state index in [2.05, 4.69) is 20.6 Å². The molecule has 0 fully saturated rings. The Balaban J connectivity index is 2.13. The molecule has 0 aliphatic heterocycles. The normalized spacial score (nSPS) is 10.6. The highest BCUT2D eigenvalue weighted by Crippen LogP contribution is 2.31. The summed E-state index contributed by atoms with van der Waals surface area (Å²) in [4.78, 5) is 8.87. The van der Waals surface area contributed by atoms with Gasteiger partial charge in [0.05, 0.1) is 16.2 Å². The molecule has 0 radical (unpaired) electrons. The van der Waals surface area contributed by atoms with E-state index in [1.807, 2.05) is 24.3 Å². The Hall–Kier alpha value is -2.04. The van der Waals surface area contributed by atoms with E-state index in [-0.39, 0.29) is 0 Å². The van der Waals surface area contributed by atoms with E-state index in [9.17, 15) is 0 Å². The van der Waals surface area contributed by atoms with Crippen LogP contribution in [0.2, 0.25) is 10.0 Å². The van der Waals surface area contributed by atoms with Crippen LogP contribution in [0.1, 0.15) is 0 Å². The molecule has 0 saturated heterocycles. The fraction of sp³-hybridized carbons (Fsp3) is 0.0667. The summed E-state index contributed by atoms with van der Waals surface area (Å²) in [5.41, 5.74) is 1.55. The van der Waals surface area contributed by atoms with E-state index < -0.39 is 0 Å². The minimum atomic E-state index is 0.536. The van der Waals surface area contributed by atoms with Crippen molar-refractivity contribution in [3.8, 4) is 0 Å². The average Bonchev–Trinajstić information content (AvgIpc) is 2.50. The van der Waals surface area contributed by atoms with Gasteiger partial charge in [0.2, 0.25) is 5.95 Å². The van der Waals surface area contributed by atoms with Gasteiger partial charge in [-0.05, 0) is 30.3 Å². The number of fused-ring (bicyclic) bond motifs is 1. The maximum atomic E-state index is 6.19. The largest absolute Gasteiger partial charge is 0.357 e. The lowest BCUT2D eigenvalue weighted by Crippen LogP contribution is -2.02. The summed E-state index contributed by atoms with van der Waals surface area (Å²) in [7, 11) is 1.78. The maximum absolute atomic E-state index is 6.19. The SMILES string of the molecule is CNc1nc(Nc2cc(Cl)ccc2Cl)c2ccccc2n1. The second-order valence-corrected chi connectivity index (χ2v) is 5.26. The molecule has 4 nitrogen and oxygen atoms in total. The molecule has 3 rings (SSSR count). The summed E-state index contributed by atoms with van der Waals surface area (Å²) < 4.78 is 0. The summed E-state index contributed by atoms with van der Waals surface area (Å²) >= 11 is 12.2. The molecule has 21 heavy (non-hydrogen) atoms. The van der Waals surface area contributed by atoms with Crippen LogP contribution in [0.15, 0.2) is 42.5 Å². The standard InChI is InChI=1S/C15H12Cl2N4/c1-18-15-20-12-5-3-2-4-10(12)14(21-15)19-13-8-9(16)6-7-11(13)17/h2-8H,1H3,(H2,18,19,20,21). The van der Waals surface area contributed by atoms with Gasteiger partial charge in [-0.1, -0.05) is 35.3 Å². The molecule has 1 heterocycles. The average molecular weight is 319 g/mol. The second kappa shape index (κ2) is 5.76. The summed E-state index contributed by atoms with van der Waals surface area (Å²) in [6.07, 6.45) is 0. The fourth-order valence-corrected chi connectivity index (χ4v) is 2.34. The predicted molar refractivity (Wildman–Crippen MR) is 88.8 cm³/mol. The number of aromatic nitrogens is 2. The smallest absolute Gasteiger partial charge is 0.224 e. The number of rotatable bonds is 3. The fourth-order valence-electron chi connectivity index (χ4n) is 2.00. The van der Waals surface area contributed by atoms with Crippen molar-refractivity contribution in [2.45, 2.75) is 0 Å². The molecule has 6 heteroatoms. The zero-order chi connectivity index (χ0) is 14.8. The molecule has 0 bridgehead atoms. The van der Waals surface area contributed by atoms with E-state index in [1.165, 1.54) is 0 Å². The van der Waals surface area contributed by atoms with E-state index >= 15 is 0 Å². The Bertz CT molecular complexity index is 805. The van der Waals surface area contributed by atoms with Crippen LogP contribution in [0, 0.1) is 0 Å². The van der Waals surface area contributed by atoms with Gasteiger partial charge in [-0.15, -0.1) is 0 Å². The first-order valence-electron chi connectivity index (χ1n) is 6.34. The molecule has 106 valence electrons. The van der Waals surface area contributed by atoms with Crippen LogP contribution >= 0.6 is 23.2 Å². The predicted octanol–water partition coefficient (Wildman–Crippen LogP) is 4.72. The minimum absolute atomic E-state index is 0.536. The molecular formula is C15H12Cl2N4. The Morgan fingerprint density at radius 2 is 1.81 bits per heavy atom. The first-order valence-corrected chi connectivity index (χ1v) is 7.09. The quantitative estimate of drug-likeness (QED) is 0.733. The third kappa shape index (κ3) is 2.86. The molecule has 0 saturated carbocycles. The van der Waals surface area contributed by atoms with Gasteiger partial charge >= 0.3 is 0 Å². The van der Waals surface area contributed by atoms with Crippen LogP contribution in [-0.4, -0.2) is 17.0 Å². The van der Waals surface area contributed by atoms with Crippen LogP contribution in [0.3, 0.4) is 0 Å². The molecular weight excluding hydrogens is 307 g/mol. The summed E-state index contributed by atoms with van der Waals surface area (Å²) in [6, 6.07) is 13.0. The van der Waals surface area contributed by atoms with Crippen molar-refractivity contribution >= 4 is 51.6 Å². The molecule has 0 amide bonds. The molecule has 0 spiro atoms. The zero-order valence-electron chi connectivity index (χ0n) is 11.2. The summed E-state index contributed by atoms with van der Waals surface area (Å²) in [6.45, 7) is 0. The lowest BCUT2D eigenvalue weighted by atomic mass is 10.2. The lowest BCUT2D eigenvalue weighted by molar-refractivity contribution is 1.19. The van der Waals surface area contributed by atoms with Gasteiger partial charge in [-0.2, -0.15) is 4.98 Å². The number of hydrogen-bond acceptors (Lipinski definition) is 4. The van der Waals surface area contributed by atoms with Gasteiger partial charge in [0.25, 0.3) is 0 Å². The number of benzene rings is 2.